The highest BCUT2D eigenvalue weighted by atomic mass is 35.5. The smallest absolute Gasteiger partial charge is 0.365 e. The Hall–Kier alpha value is -2.50. The fraction of sp³-hybridized carbons (Fsp3) is 0.111. The zero-order chi connectivity index (χ0) is 17.7. The van der Waals surface area contributed by atoms with Crippen molar-refractivity contribution in [3.8, 4) is 0 Å². The normalized spacial score (nSPS) is 16.6. The number of fused-ring (bicyclic) bond motifs is 1. The van der Waals surface area contributed by atoms with Gasteiger partial charge in [-0.3, -0.25) is 0 Å². The average molecular weight is 375 g/mol. The summed E-state index contributed by atoms with van der Waals surface area (Å²) >= 11 is 12.1. The topological polar surface area (TPSA) is 49.9 Å². The van der Waals surface area contributed by atoms with Crippen molar-refractivity contribution in [3.05, 3.63) is 69.5 Å². The number of ether oxygens (including phenoxy) is 1. The van der Waals surface area contributed by atoms with E-state index < -0.39 is 11.9 Å². The van der Waals surface area contributed by atoms with E-state index in [4.69, 9.17) is 27.9 Å². The maximum atomic E-state index is 12.4. The molecule has 0 unspecified atom stereocenters. The Bertz CT molecular complexity index is 938. The molecule has 0 saturated carbocycles. The zero-order valence-corrected chi connectivity index (χ0v) is 14.6. The van der Waals surface area contributed by atoms with Crippen LogP contribution >= 0.6 is 23.2 Å². The lowest BCUT2D eigenvalue weighted by atomic mass is 10.1. The summed E-state index contributed by atoms with van der Waals surface area (Å²) in [5.41, 5.74) is 2.83. The molecular weight excluding hydrogens is 363 g/mol. The third-order valence-corrected chi connectivity index (χ3v) is 4.76. The number of hydrogen-bond donors (Lipinski definition) is 0. The first kappa shape index (κ1) is 16.0. The van der Waals surface area contributed by atoms with E-state index in [-0.39, 0.29) is 11.4 Å². The minimum atomic E-state index is -0.666. The van der Waals surface area contributed by atoms with Gasteiger partial charge in [0.15, 0.2) is 11.4 Å². The number of anilines is 2. The van der Waals surface area contributed by atoms with E-state index in [0.717, 1.165) is 16.9 Å². The fourth-order valence-electron chi connectivity index (χ4n) is 3.13. The van der Waals surface area contributed by atoms with E-state index in [2.05, 4.69) is 0 Å². The van der Waals surface area contributed by atoms with Gasteiger partial charge in [-0.15, -0.1) is 0 Å². The monoisotopic (exact) mass is 374 g/mol. The molecule has 4 rings (SSSR count). The first-order valence-electron chi connectivity index (χ1n) is 7.52. The van der Waals surface area contributed by atoms with Gasteiger partial charge in [0.2, 0.25) is 0 Å². The molecule has 0 aromatic heterocycles. The molecule has 25 heavy (non-hydrogen) atoms. The van der Waals surface area contributed by atoms with Crippen LogP contribution in [-0.4, -0.2) is 19.0 Å². The molecule has 7 heteroatoms. The molecule has 5 nitrogen and oxygen atoms in total. The molecule has 2 heterocycles. The summed E-state index contributed by atoms with van der Waals surface area (Å²) in [6.07, 6.45) is 0. The van der Waals surface area contributed by atoms with Crippen LogP contribution in [0, 0.1) is 0 Å². The van der Waals surface area contributed by atoms with E-state index in [1.807, 2.05) is 12.1 Å². The third-order valence-electron chi connectivity index (χ3n) is 4.27. The van der Waals surface area contributed by atoms with Crippen molar-refractivity contribution in [2.24, 2.45) is 0 Å². The van der Waals surface area contributed by atoms with Gasteiger partial charge in [0.25, 0.3) is 0 Å². The summed E-state index contributed by atoms with van der Waals surface area (Å²) in [6.45, 7) is 0.364. The number of likely N-dealkylation sites (N-methyl/N-ethyl adjacent to an activating group) is 1. The van der Waals surface area contributed by atoms with Gasteiger partial charge in [-0.25, -0.2) is 9.59 Å². The third kappa shape index (κ3) is 2.56. The number of hydrogen-bond acceptors (Lipinski definition) is 5. The Morgan fingerprint density at radius 3 is 2.28 bits per heavy atom. The highest BCUT2D eigenvalue weighted by Crippen LogP contribution is 2.38. The maximum absolute atomic E-state index is 12.4. The van der Waals surface area contributed by atoms with E-state index in [0.29, 0.717) is 16.6 Å². The average Bonchev–Trinajstić information content (AvgIpc) is 2.79. The van der Waals surface area contributed by atoms with Crippen LogP contribution in [-0.2, 0) is 20.9 Å². The zero-order valence-electron chi connectivity index (χ0n) is 13.1. The largest absolute Gasteiger partial charge is 0.383 e. The van der Waals surface area contributed by atoms with Crippen molar-refractivity contribution in [2.45, 2.75) is 6.54 Å². The summed E-state index contributed by atoms with van der Waals surface area (Å²) in [7, 11) is 1.73. The number of rotatable bonds is 1. The number of cyclic esters (lactones) is 2. The number of nitrogens with zero attached hydrogens (tertiary/aromatic N) is 2. The molecule has 2 aliphatic rings. The molecular formula is C18H12Cl2N2O3. The van der Waals surface area contributed by atoms with Crippen molar-refractivity contribution in [1.82, 2.24) is 0 Å². The summed E-state index contributed by atoms with van der Waals surface area (Å²) in [6, 6.07) is 12.4. The number of esters is 2. The molecule has 126 valence electrons. The SMILES string of the molecule is CN1C2=C(C(=O)OC2=O)N(c2ccc(Cl)cc2)Cc2cc(Cl)ccc21. The Labute approximate surface area is 154 Å². The standard InChI is InChI=1S/C18H12Cl2N2O3/c1-21-14-7-4-12(20)8-10(14)9-22(13-5-2-11(19)3-6-13)16-15(21)17(23)25-18(16)24/h2-8H,9H2,1H3. The molecule has 0 saturated heterocycles. The van der Waals surface area contributed by atoms with Crippen molar-refractivity contribution in [3.63, 3.8) is 0 Å². The molecule has 2 aromatic rings. The number of carbonyl (C=O) groups is 2. The van der Waals surface area contributed by atoms with Crippen LogP contribution in [0.1, 0.15) is 5.56 Å². The van der Waals surface area contributed by atoms with Crippen molar-refractivity contribution in [2.75, 3.05) is 16.8 Å². The highest BCUT2D eigenvalue weighted by molar-refractivity contribution is 6.31. The lowest BCUT2D eigenvalue weighted by molar-refractivity contribution is -0.151. The molecule has 0 amide bonds. The number of benzene rings is 2. The summed E-state index contributed by atoms with van der Waals surface area (Å²) in [4.78, 5) is 28.1. The Morgan fingerprint density at radius 1 is 0.920 bits per heavy atom. The minimum Gasteiger partial charge on any atom is -0.383 e. The van der Waals surface area contributed by atoms with E-state index in [1.165, 1.54) is 0 Å². The second-order valence-electron chi connectivity index (χ2n) is 5.77. The quantitative estimate of drug-likeness (QED) is 0.562. The van der Waals surface area contributed by atoms with Crippen LogP contribution in [0.4, 0.5) is 11.4 Å². The molecule has 0 N–H and O–H groups in total. The van der Waals surface area contributed by atoms with Crippen LogP contribution in [0.25, 0.3) is 0 Å². The molecule has 2 aliphatic heterocycles. The van der Waals surface area contributed by atoms with Gasteiger partial charge in [0.1, 0.15) is 0 Å². The van der Waals surface area contributed by atoms with Gasteiger partial charge in [-0.2, -0.15) is 0 Å². The Kier molecular flexibility index (Phi) is 3.71. The molecule has 0 spiro atoms. The van der Waals surface area contributed by atoms with Crippen molar-refractivity contribution < 1.29 is 14.3 Å². The highest BCUT2D eigenvalue weighted by Gasteiger charge is 2.42. The van der Waals surface area contributed by atoms with Crippen molar-refractivity contribution in [1.29, 1.82) is 0 Å². The second kappa shape index (κ2) is 5.79. The second-order valence-corrected chi connectivity index (χ2v) is 6.64. The summed E-state index contributed by atoms with van der Waals surface area (Å²) < 4.78 is 4.86. The van der Waals surface area contributed by atoms with Gasteiger partial charge in [0.05, 0.1) is 6.54 Å². The van der Waals surface area contributed by atoms with Crippen LogP contribution < -0.4 is 9.80 Å². The van der Waals surface area contributed by atoms with Gasteiger partial charge in [-0.1, -0.05) is 23.2 Å². The van der Waals surface area contributed by atoms with Gasteiger partial charge in [0, 0.05) is 28.5 Å². The van der Waals surface area contributed by atoms with E-state index in [1.54, 1.807) is 47.2 Å². The maximum Gasteiger partial charge on any atom is 0.365 e. The molecule has 0 aliphatic carbocycles. The van der Waals surface area contributed by atoms with Crippen LogP contribution in [0.3, 0.4) is 0 Å². The number of halogens is 2. The van der Waals surface area contributed by atoms with Crippen LogP contribution in [0.15, 0.2) is 53.9 Å². The molecule has 0 radical (unpaired) electrons. The predicted molar refractivity (Wildman–Crippen MR) is 95.6 cm³/mol. The van der Waals surface area contributed by atoms with Crippen molar-refractivity contribution >= 4 is 46.5 Å². The predicted octanol–water partition coefficient (Wildman–Crippen LogP) is 3.74. The van der Waals surface area contributed by atoms with Gasteiger partial charge in [-0.05, 0) is 48.0 Å². The minimum absolute atomic E-state index is 0.209. The molecule has 0 fully saturated rings. The van der Waals surface area contributed by atoms with Crippen LogP contribution in [0.2, 0.25) is 10.0 Å². The first-order valence-corrected chi connectivity index (χ1v) is 8.27. The molecule has 0 bridgehead atoms. The van der Waals surface area contributed by atoms with Gasteiger partial charge >= 0.3 is 11.9 Å². The van der Waals surface area contributed by atoms with E-state index in [9.17, 15) is 9.59 Å². The Balaban J connectivity index is 1.95. The van der Waals surface area contributed by atoms with Crippen LogP contribution in [0.5, 0.6) is 0 Å². The Morgan fingerprint density at radius 2 is 1.56 bits per heavy atom. The lowest BCUT2D eigenvalue weighted by Crippen LogP contribution is -2.26. The van der Waals surface area contributed by atoms with E-state index >= 15 is 0 Å². The number of carbonyl (C=O) groups excluding carboxylic acids is 2. The summed E-state index contributed by atoms with van der Waals surface area (Å²) in [5, 5.41) is 1.16. The lowest BCUT2D eigenvalue weighted by Gasteiger charge is -2.23. The molecule has 0 atom stereocenters. The molecule has 2 aromatic carbocycles. The van der Waals surface area contributed by atoms with Gasteiger partial charge < -0.3 is 14.5 Å². The first-order chi connectivity index (χ1) is 12.0. The fourth-order valence-corrected chi connectivity index (χ4v) is 3.45. The summed E-state index contributed by atoms with van der Waals surface area (Å²) in [5.74, 6) is -1.33.